The van der Waals surface area contributed by atoms with Crippen LogP contribution in [0.5, 0.6) is 0 Å². The van der Waals surface area contributed by atoms with Crippen LogP contribution in [0, 0.1) is 0 Å². The number of carbonyl (C=O) groups is 3. The van der Waals surface area contributed by atoms with E-state index in [1.807, 2.05) is 0 Å². The van der Waals surface area contributed by atoms with Gasteiger partial charge in [0.05, 0.1) is 99.1 Å². The number of amides is 1. The fraction of sp³-hybridized carbons (Fsp3) is 0.885. The second kappa shape index (κ2) is 28.2. The van der Waals surface area contributed by atoms with Crippen LogP contribution in [0.2, 0.25) is 0 Å². The first kappa shape index (κ1) is 39.0. The van der Waals surface area contributed by atoms with E-state index in [1.54, 1.807) is 20.8 Å². The molecule has 41 heavy (non-hydrogen) atoms. The number of rotatable bonds is 30. The maximum absolute atomic E-state index is 11.5. The molecular formula is C26H49NO14. The summed E-state index contributed by atoms with van der Waals surface area (Å²) in [7, 11) is 0. The Bertz CT molecular complexity index is 644. The molecule has 15 heteroatoms. The Balaban J connectivity index is 3.16. The molecule has 0 saturated heterocycles. The van der Waals surface area contributed by atoms with Crippen LogP contribution < -0.4 is 5.32 Å². The van der Waals surface area contributed by atoms with E-state index >= 15 is 0 Å². The minimum Gasteiger partial charge on any atom is -0.480 e. The summed E-state index contributed by atoms with van der Waals surface area (Å²) in [5.74, 6) is -1.92. The summed E-state index contributed by atoms with van der Waals surface area (Å²) < 4.78 is 52.7. The monoisotopic (exact) mass is 599 g/mol. The molecule has 0 aliphatic heterocycles. The number of hydrogen-bond acceptors (Lipinski definition) is 13. The van der Waals surface area contributed by atoms with Crippen molar-refractivity contribution in [3.8, 4) is 0 Å². The number of ether oxygens (including phenoxy) is 10. The van der Waals surface area contributed by atoms with Gasteiger partial charge in [0, 0.05) is 6.54 Å². The summed E-state index contributed by atoms with van der Waals surface area (Å²) >= 11 is 0. The summed E-state index contributed by atoms with van der Waals surface area (Å²) in [6, 6.07) is 0. The molecule has 0 aliphatic rings. The molecule has 2 N–H and O–H groups in total. The third-order valence-corrected chi connectivity index (χ3v) is 4.27. The van der Waals surface area contributed by atoms with Gasteiger partial charge in [-0.15, -0.1) is 0 Å². The van der Waals surface area contributed by atoms with E-state index in [0.717, 1.165) is 0 Å². The highest BCUT2D eigenvalue weighted by Gasteiger charge is 2.15. The Hall–Kier alpha value is -1.95. The maximum Gasteiger partial charge on any atom is 0.332 e. The summed E-state index contributed by atoms with van der Waals surface area (Å²) in [6.45, 7) is 11.0. The van der Waals surface area contributed by atoms with E-state index in [-0.39, 0.29) is 13.2 Å². The first-order valence-corrected chi connectivity index (χ1v) is 13.6. The van der Waals surface area contributed by atoms with Crippen molar-refractivity contribution < 1.29 is 66.9 Å². The molecule has 0 aromatic heterocycles. The molecule has 1 amide bonds. The molecule has 0 aromatic rings. The van der Waals surface area contributed by atoms with Crippen molar-refractivity contribution in [1.29, 1.82) is 0 Å². The third-order valence-electron chi connectivity index (χ3n) is 4.27. The lowest BCUT2D eigenvalue weighted by Gasteiger charge is -2.19. The Morgan fingerprint density at radius 3 is 1.24 bits per heavy atom. The number of carboxylic acids is 1. The Kier molecular flexibility index (Phi) is 26.8. The zero-order valence-electron chi connectivity index (χ0n) is 24.7. The van der Waals surface area contributed by atoms with Gasteiger partial charge >= 0.3 is 11.9 Å². The highest BCUT2D eigenvalue weighted by molar-refractivity contribution is 5.77. The molecule has 242 valence electrons. The maximum atomic E-state index is 11.5. The highest BCUT2D eigenvalue weighted by atomic mass is 16.6. The smallest absolute Gasteiger partial charge is 0.332 e. The predicted octanol–water partition coefficient (Wildman–Crippen LogP) is -0.322. The molecule has 0 saturated carbocycles. The van der Waals surface area contributed by atoms with Gasteiger partial charge in [0.25, 0.3) is 0 Å². The second-order valence-corrected chi connectivity index (χ2v) is 9.16. The molecule has 0 fully saturated rings. The van der Waals surface area contributed by atoms with Crippen molar-refractivity contribution in [3.63, 3.8) is 0 Å². The van der Waals surface area contributed by atoms with E-state index < -0.39 is 30.1 Å². The van der Waals surface area contributed by atoms with Crippen LogP contribution in [-0.2, 0) is 61.8 Å². The van der Waals surface area contributed by atoms with Crippen molar-refractivity contribution in [1.82, 2.24) is 5.32 Å². The number of carboxylic acid groups (broad SMARTS) is 1. The molecule has 15 nitrogen and oxygen atoms in total. The van der Waals surface area contributed by atoms with E-state index in [1.165, 1.54) is 0 Å². The van der Waals surface area contributed by atoms with Crippen molar-refractivity contribution >= 4 is 17.8 Å². The number of aliphatic carboxylic acids is 1. The van der Waals surface area contributed by atoms with E-state index in [9.17, 15) is 14.4 Å². The van der Waals surface area contributed by atoms with Gasteiger partial charge in [-0.25, -0.2) is 9.59 Å². The standard InChI is InChI=1S/C26H49NO14/c1-26(2,3)41-25(31)22-39-19-18-38-17-16-37-15-14-36-13-12-35-11-10-34-9-8-33-7-6-32-5-4-27-23(28)20-40-21-24(29)30/h4-22H2,1-3H3,(H,27,28)(H,29,30). The zero-order valence-corrected chi connectivity index (χ0v) is 24.7. The van der Waals surface area contributed by atoms with Crippen molar-refractivity contribution in [3.05, 3.63) is 0 Å². The lowest BCUT2D eigenvalue weighted by atomic mass is 10.2. The van der Waals surface area contributed by atoms with Gasteiger partial charge in [-0.05, 0) is 20.8 Å². The first-order valence-electron chi connectivity index (χ1n) is 13.6. The lowest BCUT2D eigenvalue weighted by Crippen LogP contribution is -2.31. The van der Waals surface area contributed by atoms with Gasteiger partial charge < -0.3 is 57.8 Å². The van der Waals surface area contributed by atoms with Crippen molar-refractivity contribution in [2.45, 2.75) is 26.4 Å². The minimum atomic E-state index is -1.13. The summed E-state index contributed by atoms with van der Waals surface area (Å²) in [4.78, 5) is 33.1. The SMILES string of the molecule is CC(C)(C)OC(=O)COCCOCCOCCOCCOCCOCCOCCOCCNC(=O)COCC(=O)O. The average molecular weight is 600 g/mol. The Morgan fingerprint density at radius 2 is 0.878 bits per heavy atom. The van der Waals surface area contributed by atoms with Gasteiger partial charge in [-0.1, -0.05) is 0 Å². The van der Waals surface area contributed by atoms with Crippen molar-refractivity contribution in [2.24, 2.45) is 0 Å². The molecule has 0 aromatic carbocycles. The quantitative estimate of drug-likeness (QED) is 0.0811. The molecule has 0 atom stereocenters. The summed E-state index contributed by atoms with van der Waals surface area (Å²) in [5, 5.41) is 10.9. The van der Waals surface area contributed by atoms with E-state index in [4.69, 9.17) is 47.7 Å². The predicted molar refractivity (Wildman–Crippen MR) is 144 cm³/mol. The van der Waals surface area contributed by atoms with Gasteiger partial charge in [0.15, 0.2) is 0 Å². The number of esters is 1. The summed E-state index contributed by atoms with van der Waals surface area (Å²) in [6.07, 6.45) is 0. The van der Waals surface area contributed by atoms with Gasteiger partial charge in [0.1, 0.15) is 25.4 Å². The van der Waals surface area contributed by atoms with E-state index in [2.05, 4.69) is 10.1 Å². The van der Waals surface area contributed by atoms with Crippen LogP contribution in [-0.4, -0.2) is 154 Å². The Labute approximate surface area is 242 Å². The fourth-order valence-electron chi connectivity index (χ4n) is 2.61. The molecule has 0 unspecified atom stereocenters. The molecule has 0 bridgehead atoms. The molecule has 0 heterocycles. The molecule has 0 radical (unpaired) electrons. The average Bonchev–Trinajstić information content (AvgIpc) is 2.89. The second-order valence-electron chi connectivity index (χ2n) is 9.16. The highest BCUT2D eigenvalue weighted by Crippen LogP contribution is 2.06. The van der Waals surface area contributed by atoms with Gasteiger partial charge in [-0.2, -0.15) is 0 Å². The summed E-state index contributed by atoms with van der Waals surface area (Å²) in [5.41, 5.74) is -0.519. The molecular weight excluding hydrogens is 550 g/mol. The molecule has 0 rings (SSSR count). The normalized spacial score (nSPS) is 11.5. The van der Waals surface area contributed by atoms with Crippen molar-refractivity contribution in [2.75, 3.05) is 125 Å². The number of hydrogen-bond donors (Lipinski definition) is 2. The fourth-order valence-corrected chi connectivity index (χ4v) is 2.61. The van der Waals surface area contributed by atoms with Crippen LogP contribution >= 0.6 is 0 Å². The molecule has 0 aliphatic carbocycles. The Morgan fingerprint density at radius 1 is 0.512 bits per heavy atom. The minimum absolute atomic E-state index is 0.0941. The van der Waals surface area contributed by atoms with Crippen LogP contribution in [0.1, 0.15) is 20.8 Å². The lowest BCUT2D eigenvalue weighted by molar-refractivity contribution is -0.160. The van der Waals surface area contributed by atoms with Crippen LogP contribution in [0.15, 0.2) is 0 Å². The van der Waals surface area contributed by atoms with Crippen LogP contribution in [0.3, 0.4) is 0 Å². The van der Waals surface area contributed by atoms with Gasteiger partial charge in [0.2, 0.25) is 5.91 Å². The first-order chi connectivity index (χ1) is 19.7. The topological polar surface area (TPSA) is 176 Å². The zero-order chi connectivity index (χ0) is 30.4. The molecule has 0 spiro atoms. The largest absolute Gasteiger partial charge is 0.480 e. The van der Waals surface area contributed by atoms with Crippen LogP contribution in [0.25, 0.3) is 0 Å². The van der Waals surface area contributed by atoms with Crippen LogP contribution in [0.4, 0.5) is 0 Å². The van der Waals surface area contributed by atoms with E-state index in [0.29, 0.717) is 106 Å². The third kappa shape index (κ3) is 34.2. The number of nitrogens with one attached hydrogen (secondary N) is 1. The van der Waals surface area contributed by atoms with Gasteiger partial charge in [-0.3, -0.25) is 4.79 Å². The number of carbonyl (C=O) groups excluding carboxylic acids is 2.